The number of rotatable bonds is 6. The first-order valence-corrected chi connectivity index (χ1v) is 6.35. The second-order valence-corrected chi connectivity index (χ2v) is 4.62. The van der Waals surface area contributed by atoms with E-state index in [-0.39, 0.29) is 0 Å². The number of nitrogens with one attached hydrogen (secondary N) is 2. The average molecular weight is 253 g/mol. The van der Waals surface area contributed by atoms with Crippen molar-refractivity contribution in [2.45, 2.75) is 40.2 Å². The van der Waals surface area contributed by atoms with Gasteiger partial charge in [0.25, 0.3) is 0 Å². The molecule has 0 aliphatic rings. The molecule has 1 rings (SSSR count). The number of aryl methyl sites for hydroxylation is 1. The van der Waals surface area contributed by atoms with Crippen LogP contribution in [0.4, 0.5) is 0 Å². The molecule has 1 aromatic rings. The lowest BCUT2D eigenvalue weighted by Crippen LogP contribution is -2.37. The average Bonchev–Trinajstić information content (AvgIpc) is 2.74. The van der Waals surface area contributed by atoms with Gasteiger partial charge in [-0.05, 0) is 25.7 Å². The fourth-order valence-corrected chi connectivity index (χ4v) is 1.51. The van der Waals surface area contributed by atoms with E-state index < -0.39 is 0 Å². The fourth-order valence-electron chi connectivity index (χ4n) is 1.51. The zero-order chi connectivity index (χ0) is 13.4. The quantitative estimate of drug-likeness (QED) is 0.456. The molecule has 0 fully saturated rings. The van der Waals surface area contributed by atoms with Crippen LogP contribution in [0.3, 0.4) is 0 Å². The SMILES string of the molecule is CN=C(NCCCC(C)C)NCc1nc(C)no1. The predicted octanol–water partition coefficient (Wildman–Crippen LogP) is 1.48. The molecule has 0 amide bonds. The number of hydrogen-bond acceptors (Lipinski definition) is 4. The maximum atomic E-state index is 5.01. The Morgan fingerprint density at radius 1 is 1.39 bits per heavy atom. The second kappa shape index (κ2) is 7.68. The van der Waals surface area contributed by atoms with Crippen molar-refractivity contribution in [1.82, 2.24) is 20.8 Å². The van der Waals surface area contributed by atoms with Gasteiger partial charge < -0.3 is 15.2 Å². The third kappa shape index (κ3) is 5.65. The van der Waals surface area contributed by atoms with Gasteiger partial charge in [0.1, 0.15) is 0 Å². The first kappa shape index (κ1) is 14.5. The van der Waals surface area contributed by atoms with Crippen LogP contribution in [0.1, 0.15) is 38.4 Å². The second-order valence-electron chi connectivity index (χ2n) is 4.62. The zero-order valence-electron chi connectivity index (χ0n) is 11.7. The molecule has 2 N–H and O–H groups in total. The van der Waals surface area contributed by atoms with Crippen LogP contribution in [0.5, 0.6) is 0 Å². The van der Waals surface area contributed by atoms with Crippen molar-refractivity contribution in [3.8, 4) is 0 Å². The highest BCUT2D eigenvalue weighted by Gasteiger charge is 2.03. The minimum absolute atomic E-state index is 0.491. The van der Waals surface area contributed by atoms with Crippen LogP contribution in [-0.2, 0) is 6.54 Å². The summed E-state index contributed by atoms with van der Waals surface area (Å²) < 4.78 is 5.01. The Kier molecular flexibility index (Phi) is 6.18. The van der Waals surface area contributed by atoms with Crippen molar-refractivity contribution in [2.75, 3.05) is 13.6 Å². The molecule has 0 spiro atoms. The van der Waals surface area contributed by atoms with Gasteiger partial charge in [-0.1, -0.05) is 19.0 Å². The Morgan fingerprint density at radius 3 is 2.72 bits per heavy atom. The van der Waals surface area contributed by atoms with Gasteiger partial charge in [0.2, 0.25) is 5.89 Å². The highest BCUT2D eigenvalue weighted by molar-refractivity contribution is 5.79. The molecule has 1 heterocycles. The lowest BCUT2D eigenvalue weighted by Gasteiger charge is -2.10. The lowest BCUT2D eigenvalue weighted by atomic mass is 10.1. The van der Waals surface area contributed by atoms with E-state index in [9.17, 15) is 0 Å². The molecule has 0 radical (unpaired) electrons. The summed E-state index contributed by atoms with van der Waals surface area (Å²) >= 11 is 0. The highest BCUT2D eigenvalue weighted by Crippen LogP contribution is 2.01. The molecule has 1 aromatic heterocycles. The van der Waals surface area contributed by atoms with Crippen LogP contribution in [0.25, 0.3) is 0 Å². The Balaban J connectivity index is 2.22. The van der Waals surface area contributed by atoms with Crippen molar-refractivity contribution >= 4 is 5.96 Å². The van der Waals surface area contributed by atoms with E-state index in [2.05, 4.69) is 39.6 Å². The lowest BCUT2D eigenvalue weighted by molar-refractivity contribution is 0.371. The van der Waals surface area contributed by atoms with E-state index in [1.807, 2.05) is 0 Å². The van der Waals surface area contributed by atoms with Crippen molar-refractivity contribution < 1.29 is 4.52 Å². The molecule has 6 nitrogen and oxygen atoms in total. The van der Waals surface area contributed by atoms with Gasteiger partial charge in [-0.25, -0.2) is 0 Å². The highest BCUT2D eigenvalue weighted by atomic mass is 16.5. The molecule has 102 valence electrons. The van der Waals surface area contributed by atoms with E-state index in [1.54, 1.807) is 14.0 Å². The number of hydrogen-bond donors (Lipinski definition) is 2. The molecule has 0 saturated carbocycles. The van der Waals surface area contributed by atoms with Gasteiger partial charge in [-0.15, -0.1) is 0 Å². The van der Waals surface area contributed by atoms with Crippen molar-refractivity contribution in [3.63, 3.8) is 0 Å². The maximum absolute atomic E-state index is 5.01. The normalized spacial score (nSPS) is 11.9. The minimum Gasteiger partial charge on any atom is -0.356 e. The summed E-state index contributed by atoms with van der Waals surface area (Å²) in [5, 5.41) is 10.1. The fraction of sp³-hybridized carbons (Fsp3) is 0.750. The number of aliphatic imine (C=N–C) groups is 1. The molecule has 0 aliphatic heterocycles. The molecule has 0 bridgehead atoms. The van der Waals surface area contributed by atoms with Crippen LogP contribution in [-0.4, -0.2) is 29.7 Å². The number of nitrogens with zero attached hydrogens (tertiary/aromatic N) is 3. The Hall–Kier alpha value is -1.59. The molecule has 0 unspecified atom stereocenters. The van der Waals surface area contributed by atoms with E-state index in [1.165, 1.54) is 6.42 Å². The van der Waals surface area contributed by atoms with Crippen LogP contribution in [0.2, 0.25) is 0 Å². The van der Waals surface area contributed by atoms with Crippen LogP contribution >= 0.6 is 0 Å². The van der Waals surface area contributed by atoms with Crippen LogP contribution in [0.15, 0.2) is 9.52 Å². The van der Waals surface area contributed by atoms with Gasteiger partial charge >= 0.3 is 0 Å². The van der Waals surface area contributed by atoms with Gasteiger partial charge in [0.15, 0.2) is 11.8 Å². The topological polar surface area (TPSA) is 75.3 Å². The van der Waals surface area contributed by atoms with Crippen molar-refractivity contribution in [2.24, 2.45) is 10.9 Å². The molecule has 0 aliphatic carbocycles. The first-order chi connectivity index (χ1) is 8.61. The number of aromatic nitrogens is 2. The van der Waals surface area contributed by atoms with E-state index in [0.717, 1.165) is 24.8 Å². The summed E-state index contributed by atoms with van der Waals surface area (Å²) in [5.41, 5.74) is 0. The first-order valence-electron chi connectivity index (χ1n) is 6.35. The minimum atomic E-state index is 0.491. The van der Waals surface area contributed by atoms with Crippen molar-refractivity contribution in [3.05, 3.63) is 11.7 Å². The molecule has 6 heteroatoms. The number of guanidine groups is 1. The third-order valence-corrected chi connectivity index (χ3v) is 2.45. The molecular weight excluding hydrogens is 230 g/mol. The smallest absolute Gasteiger partial charge is 0.246 e. The Labute approximate surface area is 108 Å². The van der Waals surface area contributed by atoms with Gasteiger partial charge in [0.05, 0.1) is 6.54 Å². The maximum Gasteiger partial charge on any atom is 0.246 e. The van der Waals surface area contributed by atoms with Crippen LogP contribution < -0.4 is 10.6 Å². The predicted molar refractivity (Wildman–Crippen MR) is 71.3 cm³/mol. The molecule has 0 atom stereocenters. The van der Waals surface area contributed by atoms with Gasteiger partial charge in [0, 0.05) is 13.6 Å². The molecule has 0 saturated heterocycles. The summed E-state index contributed by atoms with van der Waals surface area (Å²) in [4.78, 5) is 8.24. The van der Waals surface area contributed by atoms with Crippen LogP contribution in [0, 0.1) is 12.8 Å². The van der Waals surface area contributed by atoms with E-state index in [4.69, 9.17) is 4.52 Å². The van der Waals surface area contributed by atoms with E-state index >= 15 is 0 Å². The largest absolute Gasteiger partial charge is 0.356 e. The summed E-state index contributed by atoms with van der Waals surface area (Å²) in [6.45, 7) is 7.66. The Bertz CT molecular complexity index is 372. The summed E-state index contributed by atoms with van der Waals surface area (Å²) in [7, 11) is 1.75. The molecule has 0 aromatic carbocycles. The van der Waals surface area contributed by atoms with E-state index in [0.29, 0.717) is 18.3 Å². The van der Waals surface area contributed by atoms with Gasteiger partial charge in [-0.2, -0.15) is 4.98 Å². The van der Waals surface area contributed by atoms with Gasteiger partial charge in [-0.3, -0.25) is 4.99 Å². The van der Waals surface area contributed by atoms with Crippen molar-refractivity contribution in [1.29, 1.82) is 0 Å². The summed E-state index contributed by atoms with van der Waals surface area (Å²) in [5.74, 6) is 2.71. The standard InChI is InChI=1S/C12H23N5O/c1-9(2)6-5-7-14-12(13-4)15-8-11-16-10(3)17-18-11/h9H,5-8H2,1-4H3,(H2,13,14,15). The Morgan fingerprint density at radius 2 is 2.17 bits per heavy atom. The monoisotopic (exact) mass is 253 g/mol. The summed E-state index contributed by atoms with van der Waals surface area (Å²) in [6.07, 6.45) is 2.35. The molecular formula is C12H23N5O. The third-order valence-electron chi connectivity index (χ3n) is 2.45. The zero-order valence-corrected chi connectivity index (χ0v) is 11.7. The molecule has 18 heavy (non-hydrogen) atoms. The summed E-state index contributed by atoms with van der Waals surface area (Å²) in [6, 6.07) is 0.